The Bertz CT molecular complexity index is 598. The van der Waals surface area contributed by atoms with Crippen LogP contribution in [0.2, 0.25) is 0 Å². The quantitative estimate of drug-likeness (QED) is 0.879. The van der Waals surface area contributed by atoms with Crippen LogP contribution in [0, 0.1) is 11.7 Å². The number of primary amides is 1. The fraction of sp³-hybridized carbons (Fsp3) is 0.312. The lowest BCUT2D eigenvalue weighted by Crippen LogP contribution is -2.43. The van der Waals surface area contributed by atoms with Crippen LogP contribution in [0.15, 0.2) is 41.1 Å². The van der Waals surface area contributed by atoms with Crippen molar-refractivity contribution in [2.75, 3.05) is 4.90 Å². The minimum Gasteiger partial charge on any atom is -0.368 e. The first-order chi connectivity index (χ1) is 10.0. The van der Waals surface area contributed by atoms with Crippen molar-refractivity contribution in [3.05, 3.63) is 46.9 Å². The Balaban J connectivity index is 2.50. The number of carbonyl (C=O) groups is 1. The summed E-state index contributed by atoms with van der Waals surface area (Å²) in [4.78, 5) is 13.6. The molecular weight excluding hydrogens is 287 g/mol. The highest BCUT2D eigenvalue weighted by Crippen LogP contribution is 2.33. The van der Waals surface area contributed by atoms with Crippen LogP contribution < -0.4 is 10.6 Å². The van der Waals surface area contributed by atoms with Crippen molar-refractivity contribution >= 4 is 28.6 Å². The molecule has 0 aliphatic heterocycles. The van der Waals surface area contributed by atoms with Crippen molar-refractivity contribution in [1.29, 1.82) is 0 Å². The summed E-state index contributed by atoms with van der Waals surface area (Å²) in [6.07, 6.45) is 0.569. The van der Waals surface area contributed by atoms with E-state index in [4.69, 9.17) is 5.73 Å². The molecule has 1 aromatic carbocycles. The molecule has 3 nitrogen and oxygen atoms in total. The zero-order valence-electron chi connectivity index (χ0n) is 12.1. The average molecular weight is 306 g/mol. The van der Waals surface area contributed by atoms with Gasteiger partial charge in [0.05, 0.1) is 11.4 Å². The van der Waals surface area contributed by atoms with Crippen LogP contribution in [0.25, 0.3) is 0 Å². The van der Waals surface area contributed by atoms with E-state index in [0.717, 1.165) is 5.69 Å². The van der Waals surface area contributed by atoms with Crippen molar-refractivity contribution in [2.45, 2.75) is 26.3 Å². The highest BCUT2D eigenvalue weighted by Gasteiger charge is 2.28. The van der Waals surface area contributed by atoms with E-state index in [1.54, 1.807) is 23.1 Å². The lowest BCUT2D eigenvalue weighted by atomic mass is 10.0. The predicted octanol–water partition coefficient (Wildman–Crippen LogP) is 3.93. The van der Waals surface area contributed by atoms with Gasteiger partial charge in [0, 0.05) is 5.38 Å². The minimum absolute atomic E-state index is 0.274. The molecule has 0 saturated carbocycles. The summed E-state index contributed by atoms with van der Waals surface area (Å²) >= 11 is 1.50. The van der Waals surface area contributed by atoms with E-state index in [-0.39, 0.29) is 11.7 Å². The third-order valence-electron chi connectivity index (χ3n) is 3.23. The van der Waals surface area contributed by atoms with Crippen LogP contribution in [-0.4, -0.2) is 11.9 Å². The van der Waals surface area contributed by atoms with Crippen molar-refractivity contribution in [1.82, 2.24) is 0 Å². The largest absolute Gasteiger partial charge is 0.368 e. The molecule has 112 valence electrons. The van der Waals surface area contributed by atoms with Crippen LogP contribution in [0.3, 0.4) is 0 Å². The molecule has 0 aliphatic rings. The Labute approximate surface area is 128 Å². The average Bonchev–Trinajstić information content (AvgIpc) is 2.93. The fourth-order valence-electron chi connectivity index (χ4n) is 2.32. The number of nitrogens with zero attached hydrogens (tertiary/aromatic N) is 1. The number of benzene rings is 1. The van der Waals surface area contributed by atoms with Crippen LogP contribution in [0.4, 0.5) is 15.8 Å². The van der Waals surface area contributed by atoms with Crippen molar-refractivity contribution in [3.8, 4) is 0 Å². The first-order valence-corrected chi connectivity index (χ1v) is 7.80. The van der Waals surface area contributed by atoms with Crippen LogP contribution in [-0.2, 0) is 4.79 Å². The van der Waals surface area contributed by atoms with Crippen molar-refractivity contribution < 1.29 is 9.18 Å². The monoisotopic (exact) mass is 306 g/mol. The van der Waals surface area contributed by atoms with Crippen LogP contribution in [0.1, 0.15) is 20.3 Å². The van der Waals surface area contributed by atoms with Gasteiger partial charge < -0.3 is 10.6 Å². The molecule has 1 amide bonds. The van der Waals surface area contributed by atoms with Gasteiger partial charge in [-0.05, 0) is 35.9 Å². The van der Waals surface area contributed by atoms with Gasteiger partial charge in [0.2, 0.25) is 5.91 Å². The maximum atomic E-state index is 14.2. The molecule has 2 aromatic rings. The number of hydrogen-bond acceptors (Lipinski definition) is 3. The summed E-state index contributed by atoms with van der Waals surface area (Å²) in [5.74, 6) is -0.535. The Morgan fingerprint density at radius 1 is 1.33 bits per heavy atom. The third kappa shape index (κ3) is 3.61. The Morgan fingerprint density at radius 3 is 2.57 bits per heavy atom. The Hall–Kier alpha value is -1.88. The molecule has 0 saturated heterocycles. The standard InChI is InChI=1S/C16H19FN2OS/c1-11(2)9-15(16(18)20)19(12-7-8-21-10-12)14-6-4-3-5-13(14)17/h3-8,10-11,15H,9H2,1-2H3,(H2,18,20)/t15-/m0/s1. The molecule has 0 unspecified atom stereocenters. The molecule has 0 radical (unpaired) electrons. The molecule has 2 rings (SSSR count). The maximum absolute atomic E-state index is 14.2. The SMILES string of the molecule is CC(C)C[C@@H](C(N)=O)N(c1ccsc1)c1ccccc1F. The molecule has 1 atom stereocenters. The van der Waals surface area contributed by atoms with Gasteiger partial charge in [-0.25, -0.2) is 4.39 Å². The zero-order chi connectivity index (χ0) is 15.4. The van der Waals surface area contributed by atoms with Gasteiger partial charge in [-0.15, -0.1) is 0 Å². The molecule has 0 spiro atoms. The van der Waals surface area contributed by atoms with Gasteiger partial charge >= 0.3 is 0 Å². The summed E-state index contributed by atoms with van der Waals surface area (Å²) in [5, 5.41) is 3.79. The number of anilines is 2. The number of rotatable bonds is 6. The van der Waals surface area contributed by atoms with E-state index in [1.165, 1.54) is 17.4 Å². The molecule has 21 heavy (non-hydrogen) atoms. The summed E-state index contributed by atoms with van der Waals surface area (Å²) in [5.41, 5.74) is 6.74. The first kappa shape index (κ1) is 15.5. The van der Waals surface area contributed by atoms with Gasteiger partial charge in [-0.2, -0.15) is 11.3 Å². The number of hydrogen-bond donors (Lipinski definition) is 1. The molecule has 1 heterocycles. The molecule has 0 fully saturated rings. The molecular formula is C16H19FN2OS. The predicted molar refractivity (Wildman–Crippen MR) is 85.3 cm³/mol. The molecule has 0 bridgehead atoms. The van der Waals surface area contributed by atoms with E-state index in [0.29, 0.717) is 12.1 Å². The molecule has 0 aliphatic carbocycles. The van der Waals surface area contributed by atoms with Crippen LogP contribution in [0.5, 0.6) is 0 Å². The van der Waals surface area contributed by atoms with E-state index in [9.17, 15) is 9.18 Å². The second-order valence-corrected chi connectivity index (χ2v) is 6.13. The fourth-order valence-corrected chi connectivity index (χ4v) is 2.95. The highest BCUT2D eigenvalue weighted by atomic mass is 32.1. The van der Waals surface area contributed by atoms with Crippen molar-refractivity contribution in [2.24, 2.45) is 11.7 Å². The van der Waals surface area contributed by atoms with E-state index in [2.05, 4.69) is 0 Å². The minimum atomic E-state index is -0.573. The summed E-state index contributed by atoms with van der Waals surface area (Å²) in [6.45, 7) is 4.03. The van der Waals surface area contributed by atoms with Crippen LogP contribution >= 0.6 is 11.3 Å². The summed E-state index contributed by atoms with van der Waals surface area (Å²) < 4.78 is 14.2. The number of nitrogens with two attached hydrogens (primary N) is 1. The second kappa shape index (κ2) is 6.72. The van der Waals surface area contributed by atoms with Gasteiger partial charge in [0.1, 0.15) is 11.9 Å². The van der Waals surface area contributed by atoms with Crippen molar-refractivity contribution in [3.63, 3.8) is 0 Å². The normalized spacial score (nSPS) is 12.4. The second-order valence-electron chi connectivity index (χ2n) is 5.35. The maximum Gasteiger partial charge on any atom is 0.240 e. The summed E-state index contributed by atoms with van der Waals surface area (Å²) in [6, 6.07) is 7.74. The first-order valence-electron chi connectivity index (χ1n) is 6.86. The Kier molecular flexibility index (Phi) is 4.96. The number of para-hydroxylation sites is 1. The number of halogens is 1. The number of amides is 1. The molecule has 1 aromatic heterocycles. The topological polar surface area (TPSA) is 46.3 Å². The lowest BCUT2D eigenvalue weighted by molar-refractivity contribution is -0.119. The number of carbonyl (C=O) groups excluding carboxylic acids is 1. The van der Waals surface area contributed by atoms with Gasteiger partial charge in [-0.1, -0.05) is 26.0 Å². The Morgan fingerprint density at radius 2 is 2.05 bits per heavy atom. The van der Waals surface area contributed by atoms with E-state index >= 15 is 0 Å². The zero-order valence-corrected chi connectivity index (χ0v) is 12.9. The van der Waals surface area contributed by atoms with Gasteiger partial charge in [0.25, 0.3) is 0 Å². The smallest absolute Gasteiger partial charge is 0.240 e. The van der Waals surface area contributed by atoms with Gasteiger partial charge in [-0.3, -0.25) is 4.79 Å². The molecule has 5 heteroatoms. The lowest BCUT2D eigenvalue weighted by Gasteiger charge is -2.32. The van der Waals surface area contributed by atoms with Gasteiger partial charge in [0.15, 0.2) is 0 Å². The van der Waals surface area contributed by atoms with E-state index < -0.39 is 11.9 Å². The van der Waals surface area contributed by atoms with E-state index in [1.807, 2.05) is 30.7 Å². The summed E-state index contributed by atoms with van der Waals surface area (Å²) in [7, 11) is 0. The highest BCUT2D eigenvalue weighted by molar-refractivity contribution is 7.08. The number of thiophene rings is 1. The molecule has 2 N–H and O–H groups in total. The third-order valence-corrected chi connectivity index (χ3v) is 3.90.